The first kappa shape index (κ1) is 29.9. The topological polar surface area (TPSA) is 86.8 Å². The molecule has 4 rings (SSSR count). The van der Waals surface area contributed by atoms with Gasteiger partial charge in [0.05, 0.1) is 10.6 Å². The van der Waals surface area contributed by atoms with Crippen molar-refractivity contribution < 1.29 is 18.0 Å². The highest BCUT2D eigenvalue weighted by atomic mass is 35.5. The van der Waals surface area contributed by atoms with Crippen LogP contribution in [0.1, 0.15) is 43.7 Å². The molecule has 1 saturated carbocycles. The molecular formula is C30H33Cl2N3O4S. The summed E-state index contributed by atoms with van der Waals surface area (Å²) in [4.78, 5) is 28.8. The summed E-state index contributed by atoms with van der Waals surface area (Å²) >= 11 is 12.4. The van der Waals surface area contributed by atoms with E-state index in [1.807, 2.05) is 0 Å². The Morgan fingerprint density at radius 1 is 0.950 bits per heavy atom. The van der Waals surface area contributed by atoms with Crippen LogP contribution in [0.25, 0.3) is 0 Å². The van der Waals surface area contributed by atoms with Gasteiger partial charge in [0, 0.05) is 22.6 Å². The van der Waals surface area contributed by atoms with Crippen molar-refractivity contribution in [3.63, 3.8) is 0 Å². The van der Waals surface area contributed by atoms with E-state index in [4.69, 9.17) is 23.2 Å². The molecule has 3 aromatic carbocycles. The van der Waals surface area contributed by atoms with Crippen LogP contribution in [0.15, 0.2) is 77.7 Å². The maximum absolute atomic E-state index is 14.0. The number of benzene rings is 3. The van der Waals surface area contributed by atoms with E-state index in [1.54, 1.807) is 74.5 Å². The second-order valence-corrected chi connectivity index (χ2v) is 12.7. The Labute approximate surface area is 246 Å². The van der Waals surface area contributed by atoms with E-state index in [9.17, 15) is 18.0 Å². The van der Waals surface area contributed by atoms with Crippen LogP contribution in [0, 0.1) is 6.92 Å². The molecule has 0 heterocycles. The van der Waals surface area contributed by atoms with Crippen LogP contribution < -0.4 is 9.62 Å². The molecule has 1 aliphatic carbocycles. The van der Waals surface area contributed by atoms with E-state index in [1.165, 1.54) is 17.0 Å². The molecule has 1 atom stereocenters. The number of amides is 2. The van der Waals surface area contributed by atoms with Gasteiger partial charge in [0.15, 0.2) is 0 Å². The van der Waals surface area contributed by atoms with Gasteiger partial charge in [-0.25, -0.2) is 8.42 Å². The molecular weight excluding hydrogens is 569 g/mol. The zero-order valence-corrected chi connectivity index (χ0v) is 24.8. The van der Waals surface area contributed by atoms with Crippen molar-refractivity contribution in [2.45, 2.75) is 63.1 Å². The minimum Gasteiger partial charge on any atom is -0.352 e. The summed E-state index contributed by atoms with van der Waals surface area (Å²) in [7, 11) is -4.16. The maximum Gasteiger partial charge on any atom is 0.264 e. The lowest BCUT2D eigenvalue weighted by atomic mass is 10.1. The number of hydrogen-bond acceptors (Lipinski definition) is 4. The first-order valence-electron chi connectivity index (χ1n) is 13.2. The average Bonchev–Trinajstić information content (AvgIpc) is 3.46. The fourth-order valence-corrected chi connectivity index (χ4v) is 6.65. The summed E-state index contributed by atoms with van der Waals surface area (Å²) in [6.45, 7) is 2.95. The number of carbonyl (C=O) groups excluding carboxylic acids is 2. The van der Waals surface area contributed by atoms with E-state index in [0.29, 0.717) is 21.3 Å². The van der Waals surface area contributed by atoms with Crippen molar-refractivity contribution in [2.75, 3.05) is 10.8 Å². The first-order chi connectivity index (χ1) is 19.1. The van der Waals surface area contributed by atoms with Crippen molar-refractivity contribution in [3.8, 4) is 0 Å². The third kappa shape index (κ3) is 6.97. The van der Waals surface area contributed by atoms with Gasteiger partial charge in [-0.1, -0.05) is 72.4 Å². The number of sulfonamides is 1. The SMILES string of the molecule is Cc1c(Cl)cccc1N(CC(=O)N(Cc1ccc(Cl)cc1)C(C)C(=O)NC1CCCC1)S(=O)(=O)c1ccccc1. The van der Waals surface area contributed by atoms with Gasteiger partial charge in [-0.3, -0.25) is 13.9 Å². The van der Waals surface area contributed by atoms with Crippen molar-refractivity contribution in [3.05, 3.63) is 94.0 Å². The quantitative estimate of drug-likeness (QED) is 0.310. The molecule has 1 aliphatic rings. The Morgan fingerprint density at radius 3 is 2.25 bits per heavy atom. The Hall–Kier alpha value is -3.07. The van der Waals surface area contributed by atoms with Gasteiger partial charge in [0.2, 0.25) is 11.8 Å². The Kier molecular flexibility index (Phi) is 9.77. The lowest BCUT2D eigenvalue weighted by Gasteiger charge is -2.33. The fraction of sp³-hybridized carbons (Fsp3) is 0.333. The summed E-state index contributed by atoms with van der Waals surface area (Å²) in [6.07, 6.45) is 3.91. The molecule has 1 fully saturated rings. The fourth-order valence-electron chi connectivity index (χ4n) is 4.86. The molecule has 10 heteroatoms. The van der Waals surface area contributed by atoms with E-state index >= 15 is 0 Å². The van der Waals surface area contributed by atoms with Gasteiger partial charge in [-0.15, -0.1) is 0 Å². The number of nitrogens with zero attached hydrogens (tertiary/aromatic N) is 2. The lowest BCUT2D eigenvalue weighted by Crippen LogP contribution is -2.52. The maximum atomic E-state index is 14.0. The number of nitrogens with one attached hydrogen (secondary N) is 1. The zero-order chi connectivity index (χ0) is 28.9. The summed E-state index contributed by atoms with van der Waals surface area (Å²) in [5.74, 6) is -0.798. The third-order valence-electron chi connectivity index (χ3n) is 7.25. The molecule has 212 valence electrons. The molecule has 7 nitrogen and oxygen atoms in total. The van der Waals surface area contributed by atoms with Gasteiger partial charge in [-0.2, -0.15) is 0 Å². The highest BCUT2D eigenvalue weighted by Gasteiger charge is 2.34. The number of rotatable bonds is 10. The van der Waals surface area contributed by atoms with Crippen LogP contribution in [0.2, 0.25) is 10.0 Å². The van der Waals surface area contributed by atoms with E-state index in [2.05, 4.69) is 5.32 Å². The Bertz CT molecular complexity index is 1440. The molecule has 2 amide bonds. The number of halogens is 2. The standard InChI is InChI=1S/C30H33Cl2N3O4S/c1-21-27(32)13-8-14-28(21)35(40(38,39)26-11-4-3-5-12-26)20-29(36)34(19-23-15-17-24(31)18-16-23)22(2)30(37)33-25-9-6-7-10-25/h3-5,8,11-18,22,25H,6-7,9-10,19-20H2,1-2H3,(H,33,37). The second-order valence-electron chi connectivity index (χ2n) is 10.0. The largest absolute Gasteiger partial charge is 0.352 e. The molecule has 0 bridgehead atoms. The van der Waals surface area contributed by atoms with Crippen molar-refractivity contribution in [1.29, 1.82) is 0 Å². The van der Waals surface area contributed by atoms with Crippen LogP contribution >= 0.6 is 23.2 Å². The van der Waals surface area contributed by atoms with Gasteiger partial charge in [0.25, 0.3) is 10.0 Å². The van der Waals surface area contributed by atoms with Crippen molar-refractivity contribution in [2.24, 2.45) is 0 Å². The molecule has 0 spiro atoms. The third-order valence-corrected chi connectivity index (χ3v) is 9.69. The summed E-state index contributed by atoms with van der Waals surface area (Å²) < 4.78 is 28.9. The minimum atomic E-state index is -4.16. The monoisotopic (exact) mass is 601 g/mol. The zero-order valence-electron chi connectivity index (χ0n) is 22.5. The molecule has 0 saturated heterocycles. The highest BCUT2D eigenvalue weighted by molar-refractivity contribution is 7.92. The van der Waals surface area contributed by atoms with E-state index < -0.39 is 28.5 Å². The molecule has 1 unspecified atom stereocenters. The van der Waals surface area contributed by atoms with Crippen molar-refractivity contribution >= 4 is 50.7 Å². The molecule has 1 N–H and O–H groups in total. The molecule has 40 heavy (non-hydrogen) atoms. The van der Waals surface area contributed by atoms with Crippen LogP contribution in [0.4, 0.5) is 5.69 Å². The Balaban J connectivity index is 1.70. The predicted octanol–water partition coefficient (Wildman–Crippen LogP) is 5.97. The average molecular weight is 603 g/mol. The van der Waals surface area contributed by atoms with Crippen LogP contribution in [0.5, 0.6) is 0 Å². The number of hydrogen-bond donors (Lipinski definition) is 1. The normalized spacial score (nSPS) is 14.5. The van der Waals surface area contributed by atoms with E-state index in [0.717, 1.165) is 35.6 Å². The first-order valence-corrected chi connectivity index (χ1v) is 15.4. The molecule has 0 radical (unpaired) electrons. The molecule has 0 aromatic heterocycles. The Morgan fingerprint density at radius 2 is 1.60 bits per heavy atom. The molecule has 0 aliphatic heterocycles. The van der Waals surface area contributed by atoms with Crippen LogP contribution in [-0.2, 0) is 26.2 Å². The lowest BCUT2D eigenvalue weighted by molar-refractivity contribution is -0.139. The van der Waals surface area contributed by atoms with E-state index in [-0.39, 0.29) is 23.4 Å². The summed E-state index contributed by atoms with van der Waals surface area (Å²) in [5, 5.41) is 3.99. The minimum absolute atomic E-state index is 0.0402. The van der Waals surface area contributed by atoms with Gasteiger partial charge >= 0.3 is 0 Å². The molecule has 3 aromatic rings. The van der Waals surface area contributed by atoms with Crippen LogP contribution in [-0.4, -0.2) is 43.8 Å². The second kappa shape index (κ2) is 13.1. The number of anilines is 1. The number of carbonyl (C=O) groups is 2. The van der Waals surface area contributed by atoms with Gasteiger partial charge in [0.1, 0.15) is 12.6 Å². The smallest absolute Gasteiger partial charge is 0.264 e. The van der Waals surface area contributed by atoms with Crippen molar-refractivity contribution in [1.82, 2.24) is 10.2 Å². The van der Waals surface area contributed by atoms with Gasteiger partial charge in [-0.05, 0) is 74.2 Å². The highest BCUT2D eigenvalue weighted by Crippen LogP contribution is 2.31. The van der Waals surface area contributed by atoms with Gasteiger partial charge < -0.3 is 10.2 Å². The van der Waals surface area contributed by atoms with Crippen LogP contribution in [0.3, 0.4) is 0 Å². The summed E-state index contributed by atoms with van der Waals surface area (Å²) in [6, 6.07) is 19.1. The predicted molar refractivity (Wildman–Crippen MR) is 159 cm³/mol. The summed E-state index contributed by atoms with van der Waals surface area (Å²) in [5.41, 5.74) is 1.57.